The zero-order valence-corrected chi connectivity index (χ0v) is 20.7. The minimum absolute atomic E-state index is 0.300. The zero-order chi connectivity index (χ0) is 24.4. The van der Waals surface area contributed by atoms with Crippen LogP contribution >= 0.6 is 0 Å². The molecule has 4 nitrogen and oxygen atoms in total. The van der Waals surface area contributed by atoms with Crippen molar-refractivity contribution in [1.82, 2.24) is 0 Å². The van der Waals surface area contributed by atoms with Gasteiger partial charge in [-0.1, -0.05) is 61.4 Å². The third-order valence-corrected chi connectivity index (χ3v) is 6.40. The first-order valence-corrected chi connectivity index (χ1v) is 11.9. The molecule has 2 amide bonds. The van der Waals surface area contributed by atoms with Crippen molar-refractivity contribution < 1.29 is 9.59 Å². The summed E-state index contributed by atoms with van der Waals surface area (Å²) in [6.45, 7) is 10.2. The van der Waals surface area contributed by atoms with Crippen molar-refractivity contribution in [3.63, 3.8) is 0 Å². The summed E-state index contributed by atoms with van der Waals surface area (Å²) in [5, 5.41) is 3.33. The molecular weight excluding hydrogens is 420 g/mol. The van der Waals surface area contributed by atoms with Crippen molar-refractivity contribution in [3.8, 4) is 0 Å². The van der Waals surface area contributed by atoms with Crippen LogP contribution in [0, 0.1) is 27.7 Å². The minimum Gasteiger partial charge on any atom is -0.350 e. The summed E-state index contributed by atoms with van der Waals surface area (Å²) in [4.78, 5) is 28.8. The van der Waals surface area contributed by atoms with E-state index < -0.39 is 0 Å². The number of benzene rings is 3. The van der Waals surface area contributed by atoms with Crippen molar-refractivity contribution in [1.29, 1.82) is 0 Å². The number of amides is 2. The van der Waals surface area contributed by atoms with Crippen LogP contribution in [0.5, 0.6) is 0 Å². The first-order valence-electron chi connectivity index (χ1n) is 11.9. The van der Waals surface area contributed by atoms with Crippen molar-refractivity contribution in [2.45, 2.75) is 53.9 Å². The molecule has 34 heavy (non-hydrogen) atoms. The van der Waals surface area contributed by atoms with Gasteiger partial charge in [0.05, 0.1) is 11.3 Å². The quantitative estimate of drug-likeness (QED) is 0.408. The third kappa shape index (κ3) is 4.54. The van der Waals surface area contributed by atoms with Crippen LogP contribution in [-0.4, -0.2) is 11.8 Å². The maximum absolute atomic E-state index is 13.8. The van der Waals surface area contributed by atoms with Gasteiger partial charge in [-0.3, -0.25) is 9.59 Å². The number of aryl methyl sites for hydroxylation is 5. The summed E-state index contributed by atoms with van der Waals surface area (Å²) in [6.07, 6.45) is 3.23. The number of nitrogens with one attached hydrogen (secondary N) is 1. The van der Waals surface area contributed by atoms with Crippen molar-refractivity contribution in [3.05, 3.63) is 99.7 Å². The number of carbonyl (C=O) groups excluding carboxylic acids is 2. The van der Waals surface area contributed by atoms with E-state index >= 15 is 0 Å². The van der Waals surface area contributed by atoms with E-state index in [2.05, 4.69) is 12.2 Å². The summed E-state index contributed by atoms with van der Waals surface area (Å²) >= 11 is 0. The lowest BCUT2D eigenvalue weighted by Gasteiger charge is -2.16. The predicted molar refractivity (Wildman–Crippen MR) is 140 cm³/mol. The van der Waals surface area contributed by atoms with Gasteiger partial charge in [0.15, 0.2) is 0 Å². The second-order valence-electron chi connectivity index (χ2n) is 9.23. The van der Waals surface area contributed by atoms with Gasteiger partial charge in [0.25, 0.3) is 11.8 Å². The Bertz CT molecular complexity index is 1290. The summed E-state index contributed by atoms with van der Waals surface area (Å²) in [5.74, 6) is -0.631. The van der Waals surface area contributed by atoms with E-state index in [9.17, 15) is 9.59 Å². The van der Waals surface area contributed by atoms with Crippen LogP contribution in [0.2, 0.25) is 0 Å². The fourth-order valence-corrected chi connectivity index (χ4v) is 4.42. The van der Waals surface area contributed by atoms with E-state index in [4.69, 9.17) is 0 Å². The molecule has 4 heteroatoms. The number of rotatable bonds is 7. The van der Waals surface area contributed by atoms with Gasteiger partial charge in [-0.2, -0.15) is 0 Å². The fourth-order valence-electron chi connectivity index (χ4n) is 4.42. The summed E-state index contributed by atoms with van der Waals surface area (Å²) in [6, 6.07) is 19.8. The molecule has 0 bridgehead atoms. The molecular formula is C30H32N2O2. The van der Waals surface area contributed by atoms with Crippen LogP contribution in [0.25, 0.3) is 5.57 Å². The number of hydrogen-bond donors (Lipinski definition) is 1. The number of anilines is 2. The Balaban J connectivity index is 1.79. The predicted octanol–water partition coefficient (Wildman–Crippen LogP) is 6.66. The Morgan fingerprint density at radius 1 is 0.765 bits per heavy atom. The van der Waals surface area contributed by atoms with Crippen LogP contribution in [0.4, 0.5) is 11.4 Å². The van der Waals surface area contributed by atoms with E-state index in [1.165, 1.54) is 10.5 Å². The van der Waals surface area contributed by atoms with E-state index in [0.717, 1.165) is 52.8 Å². The van der Waals surface area contributed by atoms with Crippen LogP contribution in [0.3, 0.4) is 0 Å². The van der Waals surface area contributed by atoms with Crippen LogP contribution in [-0.2, 0) is 16.0 Å². The second-order valence-corrected chi connectivity index (χ2v) is 9.23. The molecule has 1 N–H and O–H groups in total. The Kier molecular flexibility index (Phi) is 6.69. The summed E-state index contributed by atoms with van der Waals surface area (Å²) < 4.78 is 0. The normalized spacial score (nSPS) is 13.7. The lowest BCUT2D eigenvalue weighted by atomic mass is 9.97. The Hall–Kier alpha value is -3.66. The monoisotopic (exact) mass is 452 g/mol. The molecule has 0 aromatic heterocycles. The molecule has 1 aliphatic heterocycles. The number of nitrogens with zero attached hydrogens (tertiary/aromatic N) is 1. The molecule has 174 valence electrons. The highest BCUT2D eigenvalue weighted by Gasteiger charge is 2.40. The minimum atomic E-state index is -0.331. The van der Waals surface area contributed by atoms with Crippen LogP contribution < -0.4 is 10.2 Å². The number of unbranched alkanes of at least 4 members (excludes halogenated alkanes) is 1. The number of hydrogen-bond acceptors (Lipinski definition) is 3. The average Bonchev–Trinajstić information content (AvgIpc) is 3.04. The Morgan fingerprint density at radius 2 is 1.44 bits per heavy atom. The first kappa shape index (κ1) is 23.5. The smallest absolute Gasteiger partial charge is 0.282 e. The molecule has 4 rings (SSSR count). The highest BCUT2D eigenvalue weighted by molar-refractivity contribution is 6.46. The fraction of sp³-hybridized carbons (Fsp3) is 0.267. The molecule has 1 aliphatic rings. The molecule has 0 saturated heterocycles. The van der Waals surface area contributed by atoms with Gasteiger partial charge in [0, 0.05) is 5.69 Å². The van der Waals surface area contributed by atoms with Crippen molar-refractivity contribution in [2.24, 2.45) is 0 Å². The molecule has 1 heterocycles. The van der Waals surface area contributed by atoms with Gasteiger partial charge < -0.3 is 5.32 Å². The highest BCUT2D eigenvalue weighted by atomic mass is 16.2. The molecule has 0 saturated carbocycles. The maximum Gasteiger partial charge on any atom is 0.282 e. The van der Waals surface area contributed by atoms with Crippen molar-refractivity contribution >= 4 is 28.8 Å². The van der Waals surface area contributed by atoms with Gasteiger partial charge in [-0.15, -0.1) is 0 Å². The van der Waals surface area contributed by atoms with Crippen LogP contribution in [0.1, 0.15) is 53.1 Å². The zero-order valence-electron chi connectivity index (χ0n) is 20.7. The van der Waals surface area contributed by atoms with Gasteiger partial charge in [0.1, 0.15) is 5.70 Å². The maximum atomic E-state index is 13.8. The molecule has 0 unspecified atom stereocenters. The number of carbonyl (C=O) groups is 2. The number of imide groups is 1. The molecule has 0 aliphatic carbocycles. The molecule has 0 atom stereocenters. The van der Waals surface area contributed by atoms with Gasteiger partial charge >= 0.3 is 0 Å². The molecule has 3 aromatic carbocycles. The second kappa shape index (κ2) is 9.68. The van der Waals surface area contributed by atoms with Gasteiger partial charge in [-0.05, 0) is 86.6 Å². The average molecular weight is 453 g/mol. The largest absolute Gasteiger partial charge is 0.350 e. The molecule has 0 radical (unpaired) electrons. The summed E-state index contributed by atoms with van der Waals surface area (Å²) in [7, 11) is 0. The van der Waals surface area contributed by atoms with Crippen LogP contribution in [0.15, 0.2) is 66.4 Å². The molecule has 3 aromatic rings. The SMILES string of the molecule is CCCCc1ccc(N2C(=O)C(Nc3cc(C)ccc3C)=C(c3ccc(C)cc3C)C2=O)cc1. The van der Waals surface area contributed by atoms with Gasteiger partial charge in [-0.25, -0.2) is 4.90 Å². The molecule has 0 spiro atoms. The van der Waals surface area contributed by atoms with Crippen molar-refractivity contribution in [2.75, 3.05) is 10.2 Å². The van der Waals surface area contributed by atoms with E-state index in [-0.39, 0.29) is 11.8 Å². The Morgan fingerprint density at radius 3 is 2.12 bits per heavy atom. The van der Waals surface area contributed by atoms with E-state index in [1.54, 1.807) is 0 Å². The standard InChI is InChI=1S/C30H32N2O2/c1-6-7-8-23-12-14-24(15-13-23)32-29(33)27(25-16-10-19(2)17-22(25)5)28(30(32)34)31-26-18-20(3)9-11-21(26)4/h9-18,31H,6-8H2,1-5H3. The van der Waals surface area contributed by atoms with E-state index in [1.807, 2.05) is 88.4 Å². The Labute approximate surface area is 202 Å². The first-order chi connectivity index (χ1) is 16.3. The lowest BCUT2D eigenvalue weighted by Crippen LogP contribution is -2.32. The topological polar surface area (TPSA) is 49.4 Å². The third-order valence-electron chi connectivity index (χ3n) is 6.40. The van der Waals surface area contributed by atoms with Gasteiger partial charge in [0.2, 0.25) is 0 Å². The lowest BCUT2D eigenvalue weighted by molar-refractivity contribution is -0.120. The summed E-state index contributed by atoms with van der Waals surface area (Å²) in [5.41, 5.74) is 8.31. The highest BCUT2D eigenvalue weighted by Crippen LogP contribution is 2.36. The van der Waals surface area contributed by atoms with E-state index in [0.29, 0.717) is 17.0 Å². The molecule has 0 fully saturated rings.